The van der Waals surface area contributed by atoms with Crippen molar-refractivity contribution in [2.45, 2.75) is 52.5 Å². The monoisotopic (exact) mass is 428 g/mol. The molecule has 1 aliphatic heterocycles. The Balaban J connectivity index is 1.45. The van der Waals surface area contributed by atoms with Gasteiger partial charge in [-0.3, -0.25) is 14.5 Å². The predicted octanol–water partition coefficient (Wildman–Crippen LogP) is 4.04. The van der Waals surface area contributed by atoms with Gasteiger partial charge >= 0.3 is 0 Å². The van der Waals surface area contributed by atoms with E-state index in [0.29, 0.717) is 10.7 Å². The number of hydrogen-bond donors (Lipinski definition) is 2. The van der Waals surface area contributed by atoms with E-state index in [4.69, 9.17) is 0 Å². The number of nitrogens with one attached hydrogen (secondary N) is 2. The number of likely N-dealkylation sites (tertiary alicyclic amines) is 1. The van der Waals surface area contributed by atoms with Gasteiger partial charge in [0.05, 0.1) is 12.2 Å². The molecule has 1 saturated heterocycles. The van der Waals surface area contributed by atoms with Gasteiger partial charge in [0.2, 0.25) is 5.91 Å². The van der Waals surface area contributed by atoms with E-state index in [-0.39, 0.29) is 23.8 Å². The van der Waals surface area contributed by atoms with E-state index < -0.39 is 0 Å². The summed E-state index contributed by atoms with van der Waals surface area (Å²) in [5.74, 6) is 0.191. The maximum atomic E-state index is 12.3. The molecule has 0 radical (unpaired) electrons. The summed E-state index contributed by atoms with van der Waals surface area (Å²) >= 11 is 1.42. The average Bonchev–Trinajstić information content (AvgIpc) is 3.12. The second kappa shape index (κ2) is 9.71. The minimum absolute atomic E-state index is 0.0354. The molecule has 2 N–H and O–H groups in total. The second-order valence-corrected chi connectivity index (χ2v) is 10.0. The second-order valence-electron chi connectivity index (χ2n) is 9.18. The van der Waals surface area contributed by atoms with Crippen LogP contribution >= 0.6 is 11.3 Å². The number of aromatic nitrogens is 1. The third kappa shape index (κ3) is 6.37. The lowest BCUT2D eigenvalue weighted by molar-refractivity contribution is -0.115. The molecule has 0 spiro atoms. The molecule has 0 saturated carbocycles. The van der Waals surface area contributed by atoms with Gasteiger partial charge in [0.25, 0.3) is 5.91 Å². The number of hydrogen-bond acceptors (Lipinski definition) is 5. The highest BCUT2D eigenvalue weighted by atomic mass is 32.1. The zero-order chi connectivity index (χ0) is 21.7. The highest BCUT2D eigenvalue weighted by molar-refractivity contribution is 7.13. The van der Waals surface area contributed by atoms with Crippen LogP contribution in [0.3, 0.4) is 0 Å². The zero-order valence-corrected chi connectivity index (χ0v) is 19.1. The molecule has 6 nitrogen and oxygen atoms in total. The van der Waals surface area contributed by atoms with Gasteiger partial charge in [0, 0.05) is 24.0 Å². The molecule has 0 bridgehead atoms. The molecule has 2 heterocycles. The molecule has 162 valence electrons. The molecule has 7 heteroatoms. The average molecular weight is 429 g/mol. The van der Waals surface area contributed by atoms with Gasteiger partial charge < -0.3 is 10.6 Å². The number of benzene rings is 1. The highest BCUT2D eigenvalue weighted by Gasteiger charge is 2.18. The van der Waals surface area contributed by atoms with Gasteiger partial charge in [0.1, 0.15) is 0 Å². The van der Waals surface area contributed by atoms with Gasteiger partial charge in [-0.25, -0.2) is 4.98 Å². The van der Waals surface area contributed by atoms with Crippen LogP contribution in [0.1, 0.15) is 62.2 Å². The molecule has 2 amide bonds. The van der Waals surface area contributed by atoms with Crippen LogP contribution in [0, 0.1) is 5.92 Å². The highest BCUT2D eigenvalue weighted by Crippen LogP contribution is 2.22. The van der Waals surface area contributed by atoms with Crippen molar-refractivity contribution in [1.82, 2.24) is 15.2 Å². The van der Waals surface area contributed by atoms with Crippen molar-refractivity contribution >= 4 is 28.3 Å². The maximum Gasteiger partial charge on any atom is 0.251 e. The van der Waals surface area contributed by atoms with Gasteiger partial charge in [-0.05, 0) is 48.4 Å². The predicted molar refractivity (Wildman–Crippen MR) is 122 cm³/mol. The van der Waals surface area contributed by atoms with Crippen molar-refractivity contribution in [3.63, 3.8) is 0 Å². The summed E-state index contributed by atoms with van der Waals surface area (Å²) in [4.78, 5) is 31.4. The van der Waals surface area contributed by atoms with Crippen molar-refractivity contribution in [2.24, 2.45) is 5.92 Å². The van der Waals surface area contributed by atoms with E-state index >= 15 is 0 Å². The number of carbonyl (C=O) groups excluding carboxylic acids is 2. The Kier molecular flexibility index (Phi) is 7.26. The molecule has 1 aromatic heterocycles. The topological polar surface area (TPSA) is 74.3 Å². The summed E-state index contributed by atoms with van der Waals surface area (Å²) in [5.41, 5.74) is 2.72. The normalized spacial score (nSPS) is 17.5. The van der Waals surface area contributed by atoms with E-state index in [9.17, 15) is 9.59 Å². The van der Waals surface area contributed by atoms with Crippen molar-refractivity contribution in [1.29, 1.82) is 0 Å². The van der Waals surface area contributed by atoms with E-state index in [1.54, 1.807) is 12.1 Å². The summed E-state index contributed by atoms with van der Waals surface area (Å²) < 4.78 is 0. The molecule has 1 aliphatic rings. The molecular weight excluding hydrogens is 396 g/mol. The Morgan fingerprint density at radius 2 is 1.97 bits per heavy atom. The first-order valence-corrected chi connectivity index (χ1v) is 11.4. The van der Waals surface area contributed by atoms with Gasteiger partial charge in [0.15, 0.2) is 5.13 Å². The Hall–Kier alpha value is -2.25. The summed E-state index contributed by atoms with van der Waals surface area (Å²) in [6, 6.07) is 7.50. The van der Waals surface area contributed by atoms with Crippen LogP contribution in [0.15, 0.2) is 29.6 Å². The van der Waals surface area contributed by atoms with Crippen molar-refractivity contribution in [2.75, 3.05) is 25.0 Å². The van der Waals surface area contributed by atoms with Crippen molar-refractivity contribution in [3.8, 4) is 0 Å². The number of carbonyl (C=O) groups is 2. The fourth-order valence-electron chi connectivity index (χ4n) is 3.64. The van der Waals surface area contributed by atoms with Gasteiger partial charge in [-0.1, -0.05) is 39.8 Å². The van der Waals surface area contributed by atoms with Crippen LogP contribution in [0.4, 0.5) is 5.13 Å². The van der Waals surface area contributed by atoms with Gasteiger partial charge in [-0.2, -0.15) is 0 Å². The Morgan fingerprint density at radius 1 is 1.23 bits per heavy atom. The zero-order valence-electron chi connectivity index (χ0n) is 18.3. The molecule has 2 aromatic rings. The number of amides is 2. The fraction of sp³-hybridized carbons (Fsp3) is 0.522. The quantitative estimate of drug-likeness (QED) is 0.728. The molecule has 1 aromatic carbocycles. The van der Waals surface area contributed by atoms with E-state index in [1.165, 1.54) is 24.2 Å². The first-order valence-electron chi connectivity index (χ1n) is 10.6. The number of thiazole rings is 1. The van der Waals surface area contributed by atoms with E-state index in [2.05, 4.69) is 48.2 Å². The molecule has 3 rings (SSSR count). The molecule has 0 aliphatic carbocycles. The van der Waals surface area contributed by atoms with Crippen LogP contribution < -0.4 is 10.6 Å². The van der Waals surface area contributed by atoms with Crippen LogP contribution in [-0.4, -0.2) is 41.3 Å². The SMILES string of the molecule is CC1CCCN(Cc2csc(NC(=O)CNC(=O)c3ccc(C(C)(C)C)cc3)n2)C1. The lowest BCUT2D eigenvalue weighted by atomic mass is 9.87. The standard InChI is InChI=1S/C23H32N4O2S/c1-16-6-5-11-27(13-16)14-19-15-30-22(25-19)26-20(28)12-24-21(29)17-7-9-18(10-8-17)23(2,3)4/h7-10,15-16H,5-6,11-14H2,1-4H3,(H,24,29)(H,25,26,28). The van der Waals surface area contributed by atoms with E-state index in [1.807, 2.05) is 17.5 Å². The lowest BCUT2D eigenvalue weighted by Gasteiger charge is -2.30. The minimum atomic E-state index is -0.276. The largest absolute Gasteiger partial charge is 0.343 e. The number of anilines is 1. The van der Waals surface area contributed by atoms with Crippen LogP contribution in [0.5, 0.6) is 0 Å². The van der Waals surface area contributed by atoms with Crippen LogP contribution in [0.25, 0.3) is 0 Å². The summed E-state index contributed by atoms with van der Waals surface area (Å²) in [6.07, 6.45) is 2.52. The Labute approximate surface area is 183 Å². The van der Waals surface area contributed by atoms with Crippen molar-refractivity contribution < 1.29 is 9.59 Å². The number of nitrogens with zero attached hydrogens (tertiary/aromatic N) is 2. The number of rotatable bonds is 6. The van der Waals surface area contributed by atoms with Gasteiger partial charge in [-0.15, -0.1) is 11.3 Å². The van der Waals surface area contributed by atoms with Crippen LogP contribution in [0.2, 0.25) is 0 Å². The molecule has 30 heavy (non-hydrogen) atoms. The third-order valence-corrected chi connectivity index (χ3v) is 6.15. The first kappa shape index (κ1) is 22.4. The number of piperidine rings is 1. The first-order chi connectivity index (χ1) is 14.2. The lowest BCUT2D eigenvalue weighted by Crippen LogP contribution is -2.34. The summed E-state index contributed by atoms with van der Waals surface area (Å²) in [5, 5.41) is 8.01. The summed E-state index contributed by atoms with van der Waals surface area (Å²) in [6.45, 7) is 11.6. The fourth-order valence-corrected chi connectivity index (χ4v) is 4.36. The van der Waals surface area contributed by atoms with Crippen molar-refractivity contribution in [3.05, 3.63) is 46.5 Å². The Morgan fingerprint density at radius 3 is 2.63 bits per heavy atom. The molecule has 1 unspecified atom stereocenters. The smallest absolute Gasteiger partial charge is 0.251 e. The minimum Gasteiger partial charge on any atom is -0.343 e. The molecule has 1 atom stereocenters. The maximum absolute atomic E-state index is 12.3. The molecular formula is C23H32N4O2S. The Bertz CT molecular complexity index is 870. The van der Waals surface area contributed by atoms with E-state index in [0.717, 1.165) is 36.8 Å². The molecule has 1 fully saturated rings. The van der Waals surface area contributed by atoms with Crippen LogP contribution in [-0.2, 0) is 16.8 Å². The third-order valence-electron chi connectivity index (χ3n) is 5.35. The summed E-state index contributed by atoms with van der Waals surface area (Å²) in [7, 11) is 0.